The second-order valence-electron chi connectivity index (χ2n) is 7.34. The summed E-state index contributed by atoms with van der Waals surface area (Å²) in [7, 11) is 0. The number of fused-ring (bicyclic) bond motifs is 1. The predicted molar refractivity (Wildman–Crippen MR) is 123 cm³/mol. The van der Waals surface area contributed by atoms with Gasteiger partial charge < -0.3 is 19.4 Å². The molecule has 0 radical (unpaired) electrons. The van der Waals surface area contributed by atoms with Crippen LogP contribution in [0, 0.1) is 0 Å². The Kier molecular flexibility index (Phi) is 7.24. The SMILES string of the molecule is CCOC(=O)CC(c1ccccc1)n1ccc2cc(OCCONC3=NCCN3)ccc21. The Labute approximate surface area is 187 Å². The Hall–Kier alpha value is -3.52. The molecule has 2 N–H and O–H groups in total. The summed E-state index contributed by atoms with van der Waals surface area (Å²) >= 11 is 0. The number of rotatable bonds is 10. The molecular weight excluding hydrogens is 408 g/mol. The van der Waals surface area contributed by atoms with Gasteiger partial charge in [-0.1, -0.05) is 30.3 Å². The van der Waals surface area contributed by atoms with Crippen molar-refractivity contribution in [2.24, 2.45) is 4.99 Å². The highest BCUT2D eigenvalue weighted by molar-refractivity contribution is 5.82. The van der Waals surface area contributed by atoms with Crippen LogP contribution >= 0.6 is 0 Å². The number of ether oxygens (including phenoxy) is 2. The Morgan fingerprint density at radius 3 is 2.84 bits per heavy atom. The Morgan fingerprint density at radius 1 is 1.19 bits per heavy atom. The van der Waals surface area contributed by atoms with E-state index in [0.29, 0.717) is 25.8 Å². The fraction of sp³-hybridized carbons (Fsp3) is 0.333. The van der Waals surface area contributed by atoms with Crippen molar-refractivity contribution in [3.8, 4) is 5.75 Å². The van der Waals surface area contributed by atoms with Crippen LogP contribution in [-0.2, 0) is 14.4 Å². The summed E-state index contributed by atoms with van der Waals surface area (Å²) in [6, 6.07) is 17.8. The van der Waals surface area contributed by atoms with Gasteiger partial charge in [0.2, 0.25) is 5.96 Å². The van der Waals surface area contributed by atoms with Crippen LogP contribution in [0.3, 0.4) is 0 Å². The zero-order valence-electron chi connectivity index (χ0n) is 18.1. The van der Waals surface area contributed by atoms with E-state index in [4.69, 9.17) is 14.3 Å². The predicted octanol–water partition coefficient (Wildman–Crippen LogP) is 3.04. The first-order valence-corrected chi connectivity index (χ1v) is 10.8. The molecule has 168 valence electrons. The minimum absolute atomic E-state index is 0.147. The number of carbonyl (C=O) groups is 1. The van der Waals surface area contributed by atoms with Gasteiger partial charge in [-0.05, 0) is 36.8 Å². The van der Waals surface area contributed by atoms with Gasteiger partial charge in [-0.3, -0.25) is 9.63 Å². The maximum atomic E-state index is 12.3. The van der Waals surface area contributed by atoms with Crippen LogP contribution in [0.2, 0.25) is 0 Å². The van der Waals surface area contributed by atoms with Crippen LogP contribution in [0.4, 0.5) is 0 Å². The maximum absolute atomic E-state index is 12.3. The van der Waals surface area contributed by atoms with E-state index >= 15 is 0 Å². The molecule has 0 spiro atoms. The van der Waals surface area contributed by atoms with Crippen molar-refractivity contribution < 1.29 is 19.1 Å². The number of esters is 1. The number of benzene rings is 2. The highest BCUT2D eigenvalue weighted by atomic mass is 16.7. The molecule has 1 atom stereocenters. The van der Waals surface area contributed by atoms with Crippen LogP contribution < -0.4 is 15.5 Å². The van der Waals surface area contributed by atoms with Gasteiger partial charge in [-0.15, -0.1) is 0 Å². The van der Waals surface area contributed by atoms with E-state index in [9.17, 15) is 4.79 Å². The number of nitrogens with zero attached hydrogens (tertiary/aromatic N) is 2. The molecule has 1 aliphatic rings. The molecule has 0 saturated heterocycles. The first-order valence-electron chi connectivity index (χ1n) is 10.8. The highest BCUT2D eigenvalue weighted by Crippen LogP contribution is 2.30. The van der Waals surface area contributed by atoms with Crippen LogP contribution in [0.1, 0.15) is 24.9 Å². The van der Waals surface area contributed by atoms with E-state index in [0.717, 1.165) is 35.3 Å². The average molecular weight is 437 g/mol. The third-order valence-electron chi connectivity index (χ3n) is 5.17. The van der Waals surface area contributed by atoms with Gasteiger partial charge in [0, 0.05) is 23.6 Å². The molecule has 2 heterocycles. The maximum Gasteiger partial charge on any atom is 0.308 e. The van der Waals surface area contributed by atoms with Crippen LogP contribution in [0.25, 0.3) is 10.9 Å². The second-order valence-corrected chi connectivity index (χ2v) is 7.34. The fourth-order valence-electron chi connectivity index (χ4n) is 3.72. The van der Waals surface area contributed by atoms with E-state index in [1.165, 1.54) is 0 Å². The normalized spacial score (nSPS) is 14.0. The molecule has 2 aromatic carbocycles. The van der Waals surface area contributed by atoms with E-state index in [1.54, 1.807) is 0 Å². The lowest BCUT2D eigenvalue weighted by atomic mass is 10.0. The van der Waals surface area contributed by atoms with Crippen LogP contribution in [-0.4, -0.2) is 49.4 Å². The number of hydrogen-bond donors (Lipinski definition) is 2. The quantitative estimate of drug-likeness (QED) is 0.289. The first kappa shape index (κ1) is 21.7. The summed E-state index contributed by atoms with van der Waals surface area (Å²) in [4.78, 5) is 21.8. The summed E-state index contributed by atoms with van der Waals surface area (Å²) in [6.07, 6.45) is 2.28. The van der Waals surface area contributed by atoms with Crippen molar-refractivity contribution in [2.75, 3.05) is 32.9 Å². The molecule has 0 amide bonds. The van der Waals surface area contributed by atoms with Crippen LogP contribution in [0.5, 0.6) is 5.75 Å². The van der Waals surface area contributed by atoms with Gasteiger partial charge in [0.25, 0.3) is 0 Å². The fourth-order valence-corrected chi connectivity index (χ4v) is 3.72. The summed E-state index contributed by atoms with van der Waals surface area (Å²) < 4.78 is 13.2. The number of nitrogens with one attached hydrogen (secondary N) is 2. The van der Waals surface area contributed by atoms with E-state index in [1.807, 2.05) is 67.7 Å². The van der Waals surface area contributed by atoms with Crippen LogP contribution in [0.15, 0.2) is 65.8 Å². The van der Waals surface area contributed by atoms with Gasteiger partial charge in [-0.2, -0.15) is 0 Å². The number of aromatic nitrogens is 1. The van der Waals surface area contributed by atoms with Crippen molar-refractivity contribution in [1.82, 2.24) is 15.4 Å². The monoisotopic (exact) mass is 436 g/mol. The summed E-state index contributed by atoms with van der Waals surface area (Å²) in [5.41, 5.74) is 4.86. The number of guanidine groups is 1. The average Bonchev–Trinajstić information content (AvgIpc) is 3.48. The van der Waals surface area contributed by atoms with E-state index < -0.39 is 0 Å². The Balaban J connectivity index is 1.43. The van der Waals surface area contributed by atoms with Gasteiger partial charge in [0.05, 0.1) is 25.6 Å². The largest absolute Gasteiger partial charge is 0.491 e. The number of hydroxylamine groups is 1. The summed E-state index contributed by atoms with van der Waals surface area (Å²) in [5, 5.41) is 4.11. The molecule has 32 heavy (non-hydrogen) atoms. The van der Waals surface area contributed by atoms with Crippen molar-refractivity contribution in [3.05, 3.63) is 66.4 Å². The van der Waals surface area contributed by atoms with Crippen molar-refractivity contribution in [3.63, 3.8) is 0 Å². The standard InChI is InChI=1S/C24H28N4O4/c1-2-30-23(29)17-22(18-6-4-3-5-7-18)28-13-10-19-16-20(8-9-21(19)28)31-14-15-32-27-24-25-11-12-26-24/h3-10,13,16,22H,2,11-12,14-15,17H2,1H3,(H2,25,26,27). The molecule has 1 unspecified atom stereocenters. The second kappa shape index (κ2) is 10.7. The van der Waals surface area contributed by atoms with Gasteiger partial charge >= 0.3 is 5.97 Å². The van der Waals surface area contributed by atoms with Crippen molar-refractivity contribution in [1.29, 1.82) is 0 Å². The minimum atomic E-state index is -0.212. The third kappa shape index (κ3) is 5.39. The van der Waals surface area contributed by atoms with Gasteiger partial charge in [-0.25, -0.2) is 10.5 Å². The van der Waals surface area contributed by atoms with E-state index in [-0.39, 0.29) is 18.4 Å². The zero-order valence-corrected chi connectivity index (χ0v) is 18.1. The lowest BCUT2D eigenvalue weighted by molar-refractivity contribution is -0.143. The minimum Gasteiger partial charge on any atom is -0.491 e. The molecule has 0 fully saturated rings. The zero-order chi connectivity index (χ0) is 22.2. The molecule has 0 aliphatic carbocycles. The van der Waals surface area contributed by atoms with Gasteiger partial charge in [0.1, 0.15) is 19.0 Å². The number of carbonyl (C=O) groups excluding carboxylic acids is 1. The molecule has 8 nitrogen and oxygen atoms in total. The van der Waals surface area contributed by atoms with Crippen molar-refractivity contribution in [2.45, 2.75) is 19.4 Å². The summed E-state index contributed by atoms with van der Waals surface area (Å²) in [5.74, 6) is 1.20. The molecular formula is C24H28N4O4. The Bertz CT molecular complexity index is 1060. The molecule has 1 aliphatic heterocycles. The molecule has 3 aromatic rings. The highest BCUT2D eigenvalue weighted by Gasteiger charge is 2.20. The Morgan fingerprint density at radius 2 is 2.06 bits per heavy atom. The molecule has 0 saturated carbocycles. The molecule has 0 bridgehead atoms. The third-order valence-corrected chi connectivity index (χ3v) is 5.17. The summed E-state index contributed by atoms with van der Waals surface area (Å²) in [6.45, 7) is 4.57. The topological polar surface area (TPSA) is 86.1 Å². The van der Waals surface area contributed by atoms with Crippen molar-refractivity contribution >= 4 is 22.8 Å². The number of hydrogen-bond acceptors (Lipinski definition) is 7. The lowest BCUT2D eigenvalue weighted by Gasteiger charge is -2.20. The van der Waals surface area contributed by atoms with E-state index in [2.05, 4.69) is 20.4 Å². The number of aliphatic imine (C=N–C) groups is 1. The lowest BCUT2D eigenvalue weighted by Crippen LogP contribution is -2.34. The molecule has 4 rings (SSSR count). The first-order chi connectivity index (χ1) is 15.7. The van der Waals surface area contributed by atoms with Gasteiger partial charge in [0.15, 0.2) is 0 Å². The smallest absolute Gasteiger partial charge is 0.308 e. The molecule has 1 aromatic heterocycles. The molecule has 8 heteroatoms.